The van der Waals surface area contributed by atoms with Crippen molar-refractivity contribution in [2.45, 2.75) is 37.6 Å². The third-order valence-corrected chi connectivity index (χ3v) is 5.57. The number of ether oxygens (including phenoxy) is 1. The number of nitrogens with one attached hydrogen (secondary N) is 1. The lowest BCUT2D eigenvalue weighted by Crippen LogP contribution is -2.34. The maximum Gasteiger partial charge on any atom is 0.324 e. The second-order valence-corrected chi connectivity index (χ2v) is 7.29. The molecule has 6 nitrogen and oxygen atoms in total. The van der Waals surface area contributed by atoms with Crippen LogP contribution in [-0.4, -0.2) is 34.8 Å². The third kappa shape index (κ3) is 3.08. The monoisotopic (exact) mass is 344 g/mol. The van der Waals surface area contributed by atoms with E-state index in [1.165, 1.54) is 24.2 Å². The standard InChI is InChI=1S/C17H20N4O2S/c1-23-13-5-2-4-12(10-13)14-6-3-9-21(14)17(22)18-16-20-19-15(24-16)11-7-8-11/h2,4-5,10-11,14H,3,6-9H2,1H3,(H,18,20,22)/t14-/m1/s1. The van der Waals surface area contributed by atoms with E-state index in [4.69, 9.17) is 4.74 Å². The molecule has 2 heterocycles. The molecule has 7 heteroatoms. The largest absolute Gasteiger partial charge is 0.497 e. The summed E-state index contributed by atoms with van der Waals surface area (Å²) in [6.07, 6.45) is 4.34. The maximum atomic E-state index is 12.7. The van der Waals surface area contributed by atoms with Crippen LogP contribution in [0.15, 0.2) is 24.3 Å². The third-order valence-electron chi connectivity index (χ3n) is 4.57. The van der Waals surface area contributed by atoms with Crippen molar-refractivity contribution >= 4 is 22.5 Å². The second-order valence-electron chi connectivity index (χ2n) is 6.28. The molecule has 1 aliphatic carbocycles. The lowest BCUT2D eigenvalue weighted by atomic mass is 10.0. The molecule has 2 fully saturated rings. The zero-order valence-corrected chi connectivity index (χ0v) is 14.4. The predicted octanol–water partition coefficient (Wildman–Crippen LogP) is 3.79. The van der Waals surface area contributed by atoms with Crippen LogP contribution in [0, 0.1) is 0 Å². The van der Waals surface area contributed by atoms with E-state index >= 15 is 0 Å². The number of likely N-dealkylation sites (tertiary alicyclic amines) is 1. The number of aromatic nitrogens is 2. The molecule has 4 rings (SSSR count). The predicted molar refractivity (Wildman–Crippen MR) is 92.6 cm³/mol. The molecule has 1 saturated heterocycles. The lowest BCUT2D eigenvalue weighted by molar-refractivity contribution is 0.207. The Morgan fingerprint density at radius 3 is 3.00 bits per heavy atom. The van der Waals surface area contributed by atoms with Crippen molar-refractivity contribution < 1.29 is 9.53 Å². The van der Waals surface area contributed by atoms with Gasteiger partial charge in [-0.25, -0.2) is 4.79 Å². The Kier molecular flexibility index (Phi) is 4.10. The summed E-state index contributed by atoms with van der Waals surface area (Å²) < 4.78 is 5.30. The molecule has 0 bridgehead atoms. The SMILES string of the molecule is COc1cccc([C@H]2CCCN2C(=O)Nc2nnc(C3CC3)s2)c1. The molecule has 1 aromatic carbocycles. The van der Waals surface area contributed by atoms with Crippen molar-refractivity contribution in [3.05, 3.63) is 34.8 Å². The van der Waals surface area contributed by atoms with Gasteiger partial charge in [0.25, 0.3) is 0 Å². The van der Waals surface area contributed by atoms with Crippen molar-refractivity contribution in [2.75, 3.05) is 19.0 Å². The van der Waals surface area contributed by atoms with Gasteiger partial charge in [-0.05, 0) is 43.4 Å². The number of hydrogen-bond acceptors (Lipinski definition) is 5. The van der Waals surface area contributed by atoms with Gasteiger partial charge in [-0.1, -0.05) is 23.5 Å². The highest BCUT2D eigenvalue weighted by Gasteiger charge is 2.32. The van der Waals surface area contributed by atoms with E-state index in [2.05, 4.69) is 21.6 Å². The quantitative estimate of drug-likeness (QED) is 0.916. The number of methoxy groups -OCH3 is 1. The number of amides is 2. The Morgan fingerprint density at radius 1 is 1.33 bits per heavy atom. The molecule has 1 aliphatic heterocycles. The average Bonchev–Trinajstić information content (AvgIpc) is 3.15. The van der Waals surface area contributed by atoms with E-state index in [-0.39, 0.29) is 12.1 Å². The number of rotatable bonds is 4. The highest BCUT2D eigenvalue weighted by Crippen LogP contribution is 2.42. The van der Waals surface area contributed by atoms with Crippen LogP contribution in [0.2, 0.25) is 0 Å². The molecule has 1 atom stereocenters. The molecule has 24 heavy (non-hydrogen) atoms. The molecular formula is C17H20N4O2S. The molecule has 1 N–H and O–H groups in total. The Bertz CT molecular complexity index is 744. The Morgan fingerprint density at radius 2 is 2.21 bits per heavy atom. The summed E-state index contributed by atoms with van der Waals surface area (Å²) in [4.78, 5) is 14.6. The zero-order chi connectivity index (χ0) is 16.5. The summed E-state index contributed by atoms with van der Waals surface area (Å²) in [7, 11) is 1.66. The number of benzene rings is 1. The number of carbonyl (C=O) groups excluding carboxylic acids is 1. The molecule has 2 aromatic rings. The minimum Gasteiger partial charge on any atom is -0.497 e. The van der Waals surface area contributed by atoms with Gasteiger partial charge in [0.05, 0.1) is 13.2 Å². The van der Waals surface area contributed by atoms with Crippen LogP contribution >= 0.6 is 11.3 Å². The average molecular weight is 344 g/mol. The van der Waals surface area contributed by atoms with Gasteiger partial charge in [-0.2, -0.15) is 0 Å². The van der Waals surface area contributed by atoms with Crippen LogP contribution in [0.4, 0.5) is 9.93 Å². The maximum absolute atomic E-state index is 12.7. The highest BCUT2D eigenvalue weighted by atomic mass is 32.1. The normalized spacial score (nSPS) is 20.2. The van der Waals surface area contributed by atoms with Gasteiger partial charge in [0.15, 0.2) is 0 Å². The van der Waals surface area contributed by atoms with Gasteiger partial charge in [-0.3, -0.25) is 5.32 Å². The smallest absolute Gasteiger partial charge is 0.324 e. The Balaban J connectivity index is 1.47. The first-order valence-electron chi connectivity index (χ1n) is 8.29. The summed E-state index contributed by atoms with van der Waals surface area (Å²) in [5, 5.41) is 12.8. The van der Waals surface area contributed by atoms with Gasteiger partial charge in [-0.15, -0.1) is 10.2 Å². The summed E-state index contributed by atoms with van der Waals surface area (Å²) >= 11 is 1.49. The van der Waals surface area contributed by atoms with E-state index < -0.39 is 0 Å². The molecular weight excluding hydrogens is 324 g/mol. The van der Waals surface area contributed by atoms with Crippen molar-refractivity contribution in [2.24, 2.45) is 0 Å². The molecule has 126 valence electrons. The zero-order valence-electron chi connectivity index (χ0n) is 13.6. The summed E-state index contributed by atoms with van der Waals surface area (Å²) in [6.45, 7) is 0.752. The van der Waals surface area contributed by atoms with E-state index in [0.717, 1.165) is 35.7 Å². The van der Waals surface area contributed by atoms with Crippen molar-refractivity contribution in [1.29, 1.82) is 0 Å². The van der Waals surface area contributed by atoms with Crippen LogP contribution in [0.3, 0.4) is 0 Å². The van der Waals surface area contributed by atoms with Crippen LogP contribution < -0.4 is 10.1 Å². The molecule has 0 radical (unpaired) electrons. The fourth-order valence-corrected chi connectivity index (χ4v) is 4.05. The van der Waals surface area contributed by atoms with Crippen molar-refractivity contribution in [3.8, 4) is 5.75 Å². The topological polar surface area (TPSA) is 67.3 Å². The lowest BCUT2D eigenvalue weighted by Gasteiger charge is -2.25. The fraction of sp³-hybridized carbons (Fsp3) is 0.471. The summed E-state index contributed by atoms with van der Waals surface area (Å²) in [5.41, 5.74) is 1.11. The van der Waals surface area contributed by atoms with Crippen LogP contribution in [0.25, 0.3) is 0 Å². The Labute approximate surface area is 144 Å². The molecule has 0 unspecified atom stereocenters. The van der Waals surface area contributed by atoms with Gasteiger partial charge in [0, 0.05) is 12.5 Å². The van der Waals surface area contributed by atoms with Crippen LogP contribution in [-0.2, 0) is 0 Å². The first-order chi connectivity index (χ1) is 11.7. The highest BCUT2D eigenvalue weighted by molar-refractivity contribution is 7.15. The molecule has 2 amide bonds. The molecule has 1 saturated carbocycles. The van der Waals surface area contributed by atoms with Crippen molar-refractivity contribution in [1.82, 2.24) is 15.1 Å². The molecule has 2 aliphatic rings. The van der Waals surface area contributed by atoms with Crippen LogP contribution in [0.5, 0.6) is 5.75 Å². The van der Waals surface area contributed by atoms with E-state index in [9.17, 15) is 4.79 Å². The second kappa shape index (κ2) is 6.39. The molecule has 1 aromatic heterocycles. The van der Waals surface area contributed by atoms with E-state index in [1.807, 2.05) is 23.1 Å². The first kappa shape index (κ1) is 15.4. The fourth-order valence-electron chi connectivity index (χ4n) is 3.15. The summed E-state index contributed by atoms with van der Waals surface area (Å²) in [6, 6.07) is 7.93. The Hall–Kier alpha value is -2.15. The number of hydrogen-bond donors (Lipinski definition) is 1. The van der Waals surface area contributed by atoms with Crippen molar-refractivity contribution in [3.63, 3.8) is 0 Å². The van der Waals surface area contributed by atoms with E-state index in [1.54, 1.807) is 7.11 Å². The number of nitrogens with zero attached hydrogens (tertiary/aromatic N) is 3. The summed E-state index contributed by atoms with van der Waals surface area (Å²) in [5.74, 6) is 1.38. The van der Waals surface area contributed by atoms with Gasteiger partial charge >= 0.3 is 6.03 Å². The number of carbonyl (C=O) groups is 1. The van der Waals surface area contributed by atoms with Gasteiger partial charge in [0.1, 0.15) is 10.8 Å². The minimum atomic E-state index is -0.0983. The molecule has 0 spiro atoms. The number of urea groups is 1. The number of anilines is 1. The van der Waals surface area contributed by atoms with E-state index in [0.29, 0.717) is 11.0 Å². The first-order valence-corrected chi connectivity index (χ1v) is 9.11. The van der Waals surface area contributed by atoms with Crippen LogP contribution in [0.1, 0.15) is 48.2 Å². The van der Waals surface area contributed by atoms with Gasteiger partial charge in [0.2, 0.25) is 5.13 Å². The minimum absolute atomic E-state index is 0.0796. The van der Waals surface area contributed by atoms with Gasteiger partial charge < -0.3 is 9.64 Å².